The Bertz CT molecular complexity index is 437. The highest BCUT2D eigenvalue weighted by Gasteiger charge is 2.16. The van der Waals surface area contributed by atoms with E-state index in [1.807, 2.05) is 6.07 Å². The Balaban J connectivity index is 2.46. The smallest absolute Gasteiger partial charge is 0.273 e. The molecular formula is C12H18N2O2. The lowest BCUT2D eigenvalue weighted by Gasteiger charge is -2.21. The van der Waals surface area contributed by atoms with Crippen LogP contribution >= 0.6 is 0 Å². The molecule has 0 saturated carbocycles. The van der Waals surface area contributed by atoms with E-state index >= 15 is 0 Å². The second-order valence-electron chi connectivity index (χ2n) is 4.23. The number of anilines is 1. The molecule has 1 aromatic heterocycles. The number of nitrogens with two attached hydrogens (primary N) is 1. The van der Waals surface area contributed by atoms with Crippen LogP contribution in [0.3, 0.4) is 0 Å². The van der Waals surface area contributed by atoms with Gasteiger partial charge in [0, 0.05) is 19.3 Å². The van der Waals surface area contributed by atoms with Crippen LogP contribution in [0.25, 0.3) is 0 Å². The second-order valence-corrected chi connectivity index (χ2v) is 4.23. The highest BCUT2D eigenvalue weighted by molar-refractivity contribution is 5.42. The van der Waals surface area contributed by atoms with Crippen LogP contribution in [0.2, 0.25) is 0 Å². The summed E-state index contributed by atoms with van der Waals surface area (Å²) in [6.45, 7) is 1.15. The predicted molar refractivity (Wildman–Crippen MR) is 63.6 cm³/mol. The molecule has 1 aliphatic rings. The van der Waals surface area contributed by atoms with E-state index in [1.54, 1.807) is 11.7 Å². The number of hydrogen-bond acceptors (Lipinski definition) is 3. The van der Waals surface area contributed by atoms with Crippen LogP contribution in [0.5, 0.6) is 0 Å². The molecule has 4 heteroatoms. The van der Waals surface area contributed by atoms with Gasteiger partial charge < -0.3 is 15.0 Å². The summed E-state index contributed by atoms with van der Waals surface area (Å²) < 4.78 is 6.82. The highest BCUT2D eigenvalue weighted by atomic mass is 16.5. The van der Waals surface area contributed by atoms with E-state index in [1.165, 1.54) is 12.0 Å². The number of ether oxygens (including phenoxy) is 1. The molecule has 1 aromatic rings. The Kier molecular flexibility index (Phi) is 3.29. The van der Waals surface area contributed by atoms with Gasteiger partial charge in [-0.05, 0) is 37.3 Å². The highest BCUT2D eigenvalue weighted by Crippen LogP contribution is 2.21. The zero-order valence-electron chi connectivity index (χ0n) is 9.66. The Labute approximate surface area is 95.0 Å². The normalized spacial score (nSPS) is 14.8. The fourth-order valence-electron chi connectivity index (χ4n) is 2.32. The summed E-state index contributed by atoms with van der Waals surface area (Å²) in [4.78, 5) is 11.9. The first-order chi connectivity index (χ1) is 7.74. The maximum atomic E-state index is 11.9. The van der Waals surface area contributed by atoms with E-state index < -0.39 is 0 Å². The summed E-state index contributed by atoms with van der Waals surface area (Å²) >= 11 is 0. The number of aromatic nitrogens is 1. The Morgan fingerprint density at radius 1 is 1.44 bits per heavy atom. The molecule has 0 bridgehead atoms. The molecule has 0 aliphatic heterocycles. The van der Waals surface area contributed by atoms with Crippen molar-refractivity contribution in [3.8, 4) is 0 Å². The van der Waals surface area contributed by atoms with Gasteiger partial charge in [0.2, 0.25) is 0 Å². The minimum Gasteiger partial charge on any atom is -0.394 e. The number of hydrogen-bond donors (Lipinski definition) is 1. The molecule has 0 fully saturated rings. The number of aryl methyl sites for hydroxylation is 1. The van der Waals surface area contributed by atoms with Crippen molar-refractivity contribution in [3.63, 3.8) is 0 Å². The van der Waals surface area contributed by atoms with Crippen LogP contribution in [0.15, 0.2) is 10.9 Å². The van der Waals surface area contributed by atoms with Crippen molar-refractivity contribution >= 4 is 5.69 Å². The fourth-order valence-corrected chi connectivity index (χ4v) is 2.32. The second kappa shape index (κ2) is 4.70. The number of pyridine rings is 1. The first kappa shape index (κ1) is 11.2. The lowest BCUT2D eigenvalue weighted by atomic mass is 9.95. The van der Waals surface area contributed by atoms with Gasteiger partial charge >= 0.3 is 0 Å². The van der Waals surface area contributed by atoms with Gasteiger partial charge in [-0.1, -0.05) is 0 Å². The van der Waals surface area contributed by atoms with E-state index in [-0.39, 0.29) is 5.56 Å². The maximum Gasteiger partial charge on any atom is 0.273 e. The average Bonchev–Trinajstić information content (AvgIpc) is 2.30. The zero-order valence-corrected chi connectivity index (χ0v) is 9.66. The molecule has 0 amide bonds. The third-order valence-corrected chi connectivity index (χ3v) is 3.15. The lowest BCUT2D eigenvalue weighted by molar-refractivity contribution is 0.185. The SMILES string of the molecule is COCCn1c2c(cc(N)c1=O)CCCC2. The van der Waals surface area contributed by atoms with E-state index in [2.05, 4.69) is 0 Å². The summed E-state index contributed by atoms with van der Waals surface area (Å²) in [5.41, 5.74) is 8.42. The van der Waals surface area contributed by atoms with Gasteiger partial charge in [-0.25, -0.2) is 0 Å². The van der Waals surface area contributed by atoms with Crippen molar-refractivity contribution in [2.75, 3.05) is 19.5 Å². The number of fused-ring (bicyclic) bond motifs is 1. The molecule has 0 unspecified atom stereocenters. The van der Waals surface area contributed by atoms with Gasteiger partial charge in [0.1, 0.15) is 0 Å². The standard InChI is InChI=1S/C12H18N2O2/c1-16-7-6-14-11-5-3-2-4-9(11)8-10(13)12(14)15/h8H,2-7,13H2,1H3. The summed E-state index contributed by atoms with van der Waals surface area (Å²) in [5, 5.41) is 0. The molecule has 0 radical (unpaired) electrons. The van der Waals surface area contributed by atoms with Crippen LogP contribution < -0.4 is 11.3 Å². The van der Waals surface area contributed by atoms with Gasteiger partial charge in [0.25, 0.3) is 5.56 Å². The molecule has 1 heterocycles. The minimum absolute atomic E-state index is 0.0716. The number of nitrogen functional groups attached to an aromatic ring is 1. The quantitative estimate of drug-likeness (QED) is 0.828. The molecule has 1 aliphatic carbocycles. The van der Waals surface area contributed by atoms with E-state index in [0.29, 0.717) is 18.8 Å². The lowest BCUT2D eigenvalue weighted by Crippen LogP contribution is -2.30. The minimum atomic E-state index is -0.0716. The van der Waals surface area contributed by atoms with Crippen LogP contribution in [0.4, 0.5) is 5.69 Å². The number of methoxy groups -OCH3 is 1. The molecule has 4 nitrogen and oxygen atoms in total. The first-order valence-electron chi connectivity index (χ1n) is 5.74. The van der Waals surface area contributed by atoms with Crippen molar-refractivity contribution in [1.29, 1.82) is 0 Å². The zero-order chi connectivity index (χ0) is 11.5. The first-order valence-corrected chi connectivity index (χ1v) is 5.74. The van der Waals surface area contributed by atoms with Gasteiger partial charge in [-0.3, -0.25) is 4.79 Å². The molecule has 0 aromatic carbocycles. The molecule has 2 rings (SSSR count). The largest absolute Gasteiger partial charge is 0.394 e. The molecule has 88 valence electrons. The van der Waals surface area contributed by atoms with E-state index in [0.717, 1.165) is 25.0 Å². The van der Waals surface area contributed by atoms with Crippen molar-refractivity contribution in [1.82, 2.24) is 4.57 Å². The van der Waals surface area contributed by atoms with Crippen molar-refractivity contribution in [2.24, 2.45) is 0 Å². The summed E-state index contributed by atoms with van der Waals surface area (Å²) in [7, 11) is 1.64. The van der Waals surface area contributed by atoms with Gasteiger partial charge in [-0.15, -0.1) is 0 Å². The van der Waals surface area contributed by atoms with Gasteiger partial charge in [0.05, 0.1) is 12.3 Å². The number of rotatable bonds is 3. The van der Waals surface area contributed by atoms with E-state index in [9.17, 15) is 4.79 Å². The molecule has 2 N–H and O–H groups in total. The molecular weight excluding hydrogens is 204 g/mol. The van der Waals surface area contributed by atoms with Crippen molar-refractivity contribution in [2.45, 2.75) is 32.2 Å². The Hall–Kier alpha value is -1.29. The van der Waals surface area contributed by atoms with Crippen LogP contribution in [-0.4, -0.2) is 18.3 Å². The molecule has 0 atom stereocenters. The van der Waals surface area contributed by atoms with Gasteiger partial charge in [0.15, 0.2) is 0 Å². The fraction of sp³-hybridized carbons (Fsp3) is 0.583. The molecule has 16 heavy (non-hydrogen) atoms. The van der Waals surface area contributed by atoms with E-state index in [4.69, 9.17) is 10.5 Å². The van der Waals surface area contributed by atoms with Crippen LogP contribution in [0.1, 0.15) is 24.1 Å². The van der Waals surface area contributed by atoms with Crippen LogP contribution in [-0.2, 0) is 24.1 Å². The summed E-state index contributed by atoms with van der Waals surface area (Å²) in [6, 6.07) is 1.85. The Morgan fingerprint density at radius 2 is 2.19 bits per heavy atom. The third-order valence-electron chi connectivity index (χ3n) is 3.15. The maximum absolute atomic E-state index is 11.9. The molecule has 0 spiro atoms. The average molecular weight is 222 g/mol. The van der Waals surface area contributed by atoms with Crippen molar-refractivity contribution < 1.29 is 4.74 Å². The van der Waals surface area contributed by atoms with Gasteiger partial charge in [-0.2, -0.15) is 0 Å². The third kappa shape index (κ3) is 1.97. The molecule has 0 saturated heterocycles. The monoisotopic (exact) mass is 222 g/mol. The summed E-state index contributed by atoms with van der Waals surface area (Å²) in [6.07, 6.45) is 4.36. The topological polar surface area (TPSA) is 57.2 Å². The van der Waals surface area contributed by atoms with Crippen LogP contribution in [0, 0.1) is 0 Å². The van der Waals surface area contributed by atoms with Crippen molar-refractivity contribution in [3.05, 3.63) is 27.7 Å². The summed E-state index contributed by atoms with van der Waals surface area (Å²) in [5.74, 6) is 0. The predicted octanol–water partition coefficient (Wildman–Crippen LogP) is 0.956. The number of nitrogens with zero attached hydrogens (tertiary/aromatic N) is 1. The Morgan fingerprint density at radius 3 is 2.94 bits per heavy atom.